The van der Waals surface area contributed by atoms with Gasteiger partial charge < -0.3 is 9.29 Å². The van der Waals surface area contributed by atoms with Crippen LogP contribution in [0.4, 0.5) is 0 Å². The summed E-state index contributed by atoms with van der Waals surface area (Å²) >= 11 is 0. The lowest BCUT2D eigenvalue weighted by Gasteiger charge is -2.04. The molecular formula is C8H5NO6S. The summed E-state index contributed by atoms with van der Waals surface area (Å²) in [7, 11) is -4.50. The molecule has 0 fully saturated rings. The quantitative estimate of drug-likeness (QED) is 0.603. The summed E-state index contributed by atoms with van der Waals surface area (Å²) in [6.45, 7) is 0. The van der Waals surface area contributed by atoms with Gasteiger partial charge in [0.1, 0.15) is 5.56 Å². The molecule has 0 atom stereocenters. The highest BCUT2D eigenvalue weighted by atomic mass is 32.2. The molecule has 0 saturated carbocycles. The largest absolute Gasteiger partial charge is 0.478 e. The Morgan fingerprint density at radius 1 is 1.38 bits per heavy atom. The third-order valence-electron chi connectivity index (χ3n) is 1.46. The van der Waals surface area contributed by atoms with E-state index >= 15 is 0 Å². The fourth-order valence-corrected chi connectivity index (χ4v) is 1.39. The van der Waals surface area contributed by atoms with Crippen LogP contribution >= 0.6 is 0 Å². The SMILES string of the molecule is O=C=NS(=O)(=O)Oc1ccccc1C(=O)O. The van der Waals surface area contributed by atoms with Gasteiger partial charge in [-0.25, -0.2) is 9.59 Å². The van der Waals surface area contributed by atoms with Crippen molar-refractivity contribution in [3.63, 3.8) is 0 Å². The maximum atomic E-state index is 10.9. The lowest BCUT2D eigenvalue weighted by atomic mass is 10.2. The van der Waals surface area contributed by atoms with Crippen LogP contribution in [0.1, 0.15) is 10.4 Å². The molecule has 0 aliphatic heterocycles. The van der Waals surface area contributed by atoms with Crippen LogP contribution in [0.3, 0.4) is 0 Å². The minimum Gasteiger partial charge on any atom is -0.478 e. The lowest BCUT2D eigenvalue weighted by molar-refractivity contribution is 0.0695. The molecule has 1 N–H and O–H groups in total. The summed E-state index contributed by atoms with van der Waals surface area (Å²) in [6.07, 6.45) is 0.792. The highest BCUT2D eigenvalue weighted by Gasteiger charge is 2.17. The molecule has 0 aromatic heterocycles. The molecule has 0 bridgehead atoms. The minimum atomic E-state index is -4.50. The second kappa shape index (κ2) is 4.56. The smallest absolute Gasteiger partial charge is 0.439 e. The van der Waals surface area contributed by atoms with Crippen molar-refractivity contribution in [2.24, 2.45) is 4.40 Å². The number of carbonyl (C=O) groups is 1. The normalized spacial score (nSPS) is 10.2. The monoisotopic (exact) mass is 243 g/mol. The van der Waals surface area contributed by atoms with Crippen LogP contribution in [0, 0.1) is 0 Å². The lowest BCUT2D eigenvalue weighted by Crippen LogP contribution is -2.09. The number of rotatable bonds is 4. The van der Waals surface area contributed by atoms with E-state index in [1.165, 1.54) is 12.1 Å². The number of carboxylic acid groups (broad SMARTS) is 1. The average molecular weight is 243 g/mol. The Balaban J connectivity index is 3.16. The van der Waals surface area contributed by atoms with E-state index < -0.39 is 22.0 Å². The number of hydrogen-bond donors (Lipinski definition) is 1. The first-order chi connectivity index (χ1) is 7.46. The topological polar surface area (TPSA) is 110 Å². The van der Waals surface area contributed by atoms with E-state index in [1.54, 1.807) is 0 Å². The van der Waals surface area contributed by atoms with Crippen LogP contribution in [0.5, 0.6) is 5.75 Å². The maximum absolute atomic E-state index is 10.9. The second-order valence-electron chi connectivity index (χ2n) is 2.49. The van der Waals surface area contributed by atoms with Crippen molar-refractivity contribution in [3.8, 4) is 5.75 Å². The summed E-state index contributed by atoms with van der Waals surface area (Å²) in [5.74, 6) is -1.78. The molecule has 0 unspecified atom stereocenters. The molecule has 7 nitrogen and oxygen atoms in total. The van der Waals surface area contributed by atoms with Crippen molar-refractivity contribution in [3.05, 3.63) is 29.8 Å². The number of carbonyl (C=O) groups excluding carboxylic acids is 1. The van der Waals surface area contributed by atoms with Gasteiger partial charge in [0, 0.05) is 0 Å². The third kappa shape index (κ3) is 2.91. The predicted molar refractivity (Wildman–Crippen MR) is 51.1 cm³/mol. The molecule has 0 heterocycles. The van der Waals surface area contributed by atoms with Gasteiger partial charge >= 0.3 is 16.3 Å². The average Bonchev–Trinajstić information content (AvgIpc) is 2.17. The summed E-state index contributed by atoms with van der Waals surface area (Å²) in [5, 5.41) is 8.71. The van der Waals surface area contributed by atoms with E-state index in [2.05, 4.69) is 8.58 Å². The van der Waals surface area contributed by atoms with E-state index in [0.717, 1.165) is 18.2 Å². The van der Waals surface area contributed by atoms with Crippen molar-refractivity contribution in [2.75, 3.05) is 0 Å². The van der Waals surface area contributed by atoms with Crippen LogP contribution in [0.15, 0.2) is 28.7 Å². The first-order valence-electron chi connectivity index (χ1n) is 3.82. The molecule has 8 heteroatoms. The van der Waals surface area contributed by atoms with Crippen molar-refractivity contribution in [2.45, 2.75) is 0 Å². The maximum Gasteiger partial charge on any atom is 0.439 e. The van der Waals surface area contributed by atoms with Crippen LogP contribution < -0.4 is 4.18 Å². The van der Waals surface area contributed by atoms with Gasteiger partial charge in [-0.05, 0) is 16.5 Å². The van der Waals surface area contributed by atoms with Crippen LogP contribution in [-0.2, 0) is 15.1 Å². The third-order valence-corrected chi connectivity index (χ3v) is 2.15. The van der Waals surface area contributed by atoms with Gasteiger partial charge in [0.15, 0.2) is 5.75 Å². The molecule has 0 aliphatic carbocycles. The molecule has 1 aromatic carbocycles. The zero-order valence-electron chi connectivity index (χ0n) is 7.65. The van der Waals surface area contributed by atoms with Gasteiger partial charge in [-0.1, -0.05) is 12.1 Å². The Bertz CT molecular complexity index is 558. The van der Waals surface area contributed by atoms with Crippen molar-refractivity contribution in [1.29, 1.82) is 0 Å². The van der Waals surface area contributed by atoms with Crippen LogP contribution in [0.25, 0.3) is 0 Å². The summed E-state index contributed by atoms with van der Waals surface area (Å²) in [5.41, 5.74) is -0.354. The molecule has 1 rings (SSSR count). The van der Waals surface area contributed by atoms with Crippen LogP contribution in [0.2, 0.25) is 0 Å². The molecule has 0 aliphatic rings. The van der Waals surface area contributed by atoms with E-state index in [0.29, 0.717) is 0 Å². The van der Waals surface area contributed by atoms with Gasteiger partial charge in [0.05, 0.1) is 0 Å². The first-order valence-corrected chi connectivity index (χ1v) is 5.18. The Hall–Kier alpha value is -2.18. The fourth-order valence-electron chi connectivity index (χ4n) is 0.894. The molecule has 0 spiro atoms. The molecule has 16 heavy (non-hydrogen) atoms. The summed E-state index contributed by atoms with van der Waals surface area (Å²) < 4.78 is 28.6. The van der Waals surface area contributed by atoms with E-state index in [4.69, 9.17) is 5.11 Å². The Labute approximate surface area is 90.3 Å². The standard InChI is InChI=1S/C8H5NO6S/c10-5-9-16(13,14)15-7-4-2-1-3-6(7)8(11)12/h1-4H,(H,11,12). The second-order valence-corrected chi connectivity index (χ2v) is 3.70. The summed E-state index contributed by atoms with van der Waals surface area (Å²) in [6, 6.07) is 5.05. The summed E-state index contributed by atoms with van der Waals surface area (Å²) in [4.78, 5) is 20.4. The molecule has 1 aromatic rings. The van der Waals surface area contributed by atoms with E-state index in [1.807, 2.05) is 0 Å². The molecule has 0 amide bonds. The van der Waals surface area contributed by atoms with Gasteiger partial charge in [0.2, 0.25) is 0 Å². The number of aromatic carboxylic acids is 1. The van der Waals surface area contributed by atoms with Gasteiger partial charge in [0.25, 0.3) is 6.08 Å². The Morgan fingerprint density at radius 3 is 2.56 bits per heavy atom. The van der Waals surface area contributed by atoms with Gasteiger partial charge in [-0.15, -0.1) is 0 Å². The molecule has 0 radical (unpaired) electrons. The number of para-hydroxylation sites is 1. The zero-order valence-corrected chi connectivity index (χ0v) is 8.47. The van der Waals surface area contributed by atoms with Crippen molar-refractivity contribution < 1.29 is 27.3 Å². The highest BCUT2D eigenvalue weighted by Crippen LogP contribution is 2.19. The van der Waals surface area contributed by atoms with E-state index in [9.17, 15) is 18.0 Å². The number of isocyanates is 1. The molecule has 0 saturated heterocycles. The number of hydrogen-bond acceptors (Lipinski definition) is 5. The number of carboxylic acids is 1. The molecular weight excluding hydrogens is 238 g/mol. The highest BCUT2D eigenvalue weighted by molar-refractivity contribution is 7.85. The molecule has 84 valence electrons. The van der Waals surface area contributed by atoms with Gasteiger partial charge in [-0.2, -0.15) is 8.42 Å². The van der Waals surface area contributed by atoms with Crippen molar-refractivity contribution >= 4 is 22.4 Å². The number of benzene rings is 1. The Kier molecular flexibility index (Phi) is 3.39. The predicted octanol–water partition coefficient (Wildman–Crippen LogP) is 0.344. The van der Waals surface area contributed by atoms with E-state index in [-0.39, 0.29) is 5.56 Å². The zero-order chi connectivity index (χ0) is 12.2. The fraction of sp³-hybridized carbons (Fsp3) is 0. The first kappa shape index (κ1) is 11.9. The van der Waals surface area contributed by atoms with Crippen LogP contribution in [-0.4, -0.2) is 25.6 Å². The minimum absolute atomic E-state index is 0.354. The van der Waals surface area contributed by atoms with Gasteiger partial charge in [-0.3, -0.25) is 0 Å². The Morgan fingerprint density at radius 2 is 2.00 bits per heavy atom. The number of nitrogens with zero attached hydrogens (tertiary/aromatic N) is 1. The van der Waals surface area contributed by atoms with Crippen molar-refractivity contribution in [1.82, 2.24) is 0 Å².